The summed E-state index contributed by atoms with van der Waals surface area (Å²) in [4.78, 5) is 21.6. The van der Waals surface area contributed by atoms with Crippen molar-refractivity contribution in [2.45, 2.75) is 20.0 Å². The summed E-state index contributed by atoms with van der Waals surface area (Å²) in [6, 6.07) is 6.49. The third-order valence-electron chi connectivity index (χ3n) is 4.14. The van der Waals surface area contributed by atoms with Crippen molar-refractivity contribution in [3.05, 3.63) is 73.6 Å². The summed E-state index contributed by atoms with van der Waals surface area (Å²) in [6.45, 7) is 3.34. The standard InChI is InChI=1S/C18H12F3NO5/c1-9-10(2)17(23)27-16-8-12(4-5-13(9)16)26-15-6-3-11(22(24)25)7-14(15)18(19,20)21/h3-8H,1-2H3. The van der Waals surface area contributed by atoms with E-state index < -0.39 is 33.7 Å². The minimum Gasteiger partial charge on any atom is -0.457 e. The lowest BCUT2D eigenvalue weighted by atomic mass is 10.1. The Hall–Kier alpha value is -3.36. The van der Waals surface area contributed by atoms with Crippen molar-refractivity contribution in [2.75, 3.05) is 0 Å². The molecule has 0 spiro atoms. The van der Waals surface area contributed by atoms with Crippen LogP contribution < -0.4 is 10.4 Å². The minimum absolute atomic E-state index is 0.00624. The van der Waals surface area contributed by atoms with Crippen molar-refractivity contribution in [3.8, 4) is 11.5 Å². The molecule has 3 rings (SSSR count). The molecule has 0 unspecified atom stereocenters. The van der Waals surface area contributed by atoms with Crippen LogP contribution in [0.1, 0.15) is 16.7 Å². The maximum absolute atomic E-state index is 13.2. The van der Waals surface area contributed by atoms with Crippen LogP contribution in [0.25, 0.3) is 11.0 Å². The predicted molar refractivity (Wildman–Crippen MR) is 90.1 cm³/mol. The molecule has 0 saturated carbocycles. The Labute approximate surface area is 149 Å². The average Bonchev–Trinajstić information content (AvgIpc) is 2.59. The van der Waals surface area contributed by atoms with E-state index in [0.29, 0.717) is 22.6 Å². The Bertz CT molecular complexity index is 1120. The molecule has 0 atom stereocenters. The molecule has 3 aromatic rings. The molecule has 140 valence electrons. The van der Waals surface area contributed by atoms with Gasteiger partial charge in [-0.3, -0.25) is 10.1 Å². The molecule has 0 aliphatic rings. The van der Waals surface area contributed by atoms with Gasteiger partial charge in [0.05, 0.1) is 4.92 Å². The van der Waals surface area contributed by atoms with Crippen LogP contribution >= 0.6 is 0 Å². The second kappa shape index (κ2) is 6.42. The number of benzene rings is 2. The number of aryl methyl sites for hydroxylation is 1. The molecule has 0 amide bonds. The fourth-order valence-corrected chi connectivity index (χ4v) is 2.56. The Kier molecular flexibility index (Phi) is 4.38. The molecule has 0 aliphatic heterocycles. The average molecular weight is 379 g/mol. The number of nitro benzene ring substituents is 1. The quantitative estimate of drug-likeness (QED) is 0.358. The molecule has 0 bridgehead atoms. The maximum atomic E-state index is 13.2. The van der Waals surface area contributed by atoms with Gasteiger partial charge in [-0.15, -0.1) is 0 Å². The Morgan fingerprint density at radius 3 is 2.41 bits per heavy atom. The molecule has 6 nitrogen and oxygen atoms in total. The van der Waals surface area contributed by atoms with Crippen LogP contribution in [-0.2, 0) is 6.18 Å². The molecule has 2 aromatic carbocycles. The molecular formula is C18H12F3NO5. The van der Waals surface area contributed by atoms with Gasteiger partial charge in [-0.25, -0.2) is 4.79 Å². The number of alkyl halides is 3. The lowest BCUT2D eigenvalue weighted by Crippen LogP contribution is -2.08. The van der Waals surface area contributed by atoms with Gasteiger partial charge >= 0.3 is 11.8 Å². The smallest absolute Gasteiger partial charge is 0.420 e. The molecule has 0 saturated heterocycles. The second-order valence-electron chi connectivity index (χ2n) is 5.83. The Morgan fingerprint density at radius 2 is 1.78 bits per heavy atom. The van der Waals surface area contributed by atoms with Crippen LogP contribution in [0.3, 0.4) is 0 Å². The number of fused-ring (bicyclic) bond motifs is 1. The number of ether oxygens (including phenoxy) is 1. The number of non-ortho nitro benzene ring substituents is 1. The summed E-state index contributed by atoms with van der Waals surface area (Å²) in [5.74, 6) is -0.605. The predicted octanol–water partition coefficient (Wildman–Crippen LogP) is 5.13. The highest BCUT2D eigenvalue weighted by Crippen LogP contribution is 2.40. The monoisotopic (exact) mass is 379 g/mol. The maximum Gasteiger partial charge on any atom is 0.420 e. The lowest BCUT2D eigenvalue weighted by molar-refractivity contribution is -0.385. The topological polar surface area (TPSA) is 82.6 Å². The molecular weight excluding hydrogens is 367 g/mol. The van der Waals surface area contributed by atoms with Crippen molar-refractivity contribution < 1.29 is 27.2 Å². The highest BCUT2D eigenvalue weighted by atomic mass is 19.4. The minimum atomic E-state index is -4.85. The first-order valence-corrected chi connectivity index (χ1v) is 7.65. The molecule has 27 heavy (non-hydrogen) atoms. The first-order valence-electron chi connectivity index (χ1n) is 7.65. The van der Waals surface area contributed by atoms with E-state index in [2.05, 4.69) is 0 Å². The summed E-state index contributed by atoms with van der Waals surface area (Å²) >= 11 is 0. The van der Waals surface area contributed by atoms with E-state index in [0.717, 1.165) is 12.1 Å². The van der Waals surface area contributed by atoms with Gasteiger partial charge in [0, 0.05) is 29.1 Å². The third-order valence-corrected chi connectivity index (χ3v) is 4.14. The van der Waals surface area contributed by atoms with Crippen molar-refractivity contribution in [1.29, 1.82) is 0 Å². The van der Waals surface area contributed by atoms with Gasteiger partial charge in [0.2, 0.25) is 0 Å². The number of halogens is 3. The summed E-state index contributed by atoms with van der Waals surface area (Å²) < 4.78 is 50.1. The molecule has 0 N–H and O–H groups in total. The van der Waals surface area contributed by atoms with E-state index in [4.69, 9.17) is 9.15 Å². The van der Waals surface area contributed by atoms with Gasteiger partial charge in [-0.1, -0.05) is 0 Å². The highest BCUT2D eigenvalue weighted by molar-refractivity contribution is 5.82. The van der Waals surface area contributed by atoms with Crippen molar-refractivity contribution in [3.63, 3.8) is 0 Å². The van der Waals surface area contributed by atoms with Crippen LogP contribution in [0.2, 0.25) is 0 Å². The molecule has 1 heterocycles. The van der Waals surface area contributed by atoms with Gasteiger partial charge in [0.25, 0.3) is 5.69 Å². The highest BCUT2D eigenvalue weighted by Gasteiger charge is 2.36. The van der Waals surface area contributed by atoms with Crippen molar-refractivity contribution >= 4 is 16.7 Å². The van der Waals surface area contributed by atoms with Gasteiger partial charge < -0.3 is 9.15 Å². The Balaban J connectivity index is 2.08. The molecule has 0 radical (unpaired) electrons. The van der Waals surface area contributed by atoms with E-state index in [1.165, 1.54) is 12.1 Å². The van der Waals surface area contributed by atoms with E-state index >= 15 is 0 Å². The number of hydrogen-bond acceptors (Lipinski definition) is 5. The van der Waals surface area contributed by atoms with Crippen molar-refractivity contribution in [1.82, 2.24) is 0 Å². The molecule has 0 fully saturated rings. The van der Waals surface area contributed by atoms with E-state index in [-0.39, 0.29) is 11.3 Å². The summed E-state index contributed by atoms with van der Waals surface area (Å²) in [7, 11) is 0. The first kappa shape index (κ1) is 18.4. The van der Waals surface area contributed by atoms with Gasteiger partial charge in [0.1, 0.15) is 22.6 Å². The number of nitro groups is 1. The summed E-state index contributed by atoms with van der Waals surface area (Å²) in [5, 5.41) is 11.4. The summed E-state index contributed by atoms with van der Waals surface area (Å²) in [6.07, 6.45) is -4.85. The molecule has 0 aliphatic carbocycles. The number of hydrogen-bond donors (Lipinski definition) is 0. The second-order valence-corrected chi connectivity index (χ2v) is 5.83. The first-order chi connectivity index (χ1) is 12.6. The van der Waals surface area contributed by atoms with Crippen LogP contribution in [0.4, 0.5) is 18.9 Å². The molecule has 1 aromatic heterocycles. The van der Waals surface area contributed by atoms with Gasteiger partial charge in [0.15, 0.2) is 0 Å². The van der Waals surface area contributed by atoms with Gasteiger partial charge in [-0.05, 0) is 37.6 Å². The van der Waals surface area contributed by atoms with Gasteiger partial charge in [-0.2, -0.15) is 13.2 Å². The zero-order chi connectivity index (χ0) is 19.9. The zero-order valence-corrected chi connectivity index (χ0v) is 14.1. The normalized spacial score (nSPS) is 11.6. The zero-order valence-electron chi connectivity index (χ0n) is 14.1. The largest absolute Gasteiger partial charge is 0.457 e. The van der Waals surface area contributed by atoms with Crippen LogP contribution in [0.5, 0.6) is 11.5 Å². The van der Waals surface area contributed by atoms with Crippen LogP contribution in [0.15, 0.2) is 45.6 Å². The van der Waals surface area contributed by atoms with E-state index in [1.807, 2.05) is 0 Å². The fourth-order valence-electron chi connectivity index (χ4n) is 2.56. The summed E-state index contributed by atoms with van der Waals surface area (Å²) in [5.41, 5.74) is -1.24. The third kappa shape index (κ3) is 3.48. The van der Waals surface area contributed by atoms with E-state index in [9.17, 15) is 28.1 Å². The van der Waals surface area contributed by atoms with Crippen LogP contribution in [0, 0.1) is 24.0 Å². The SMILES string of the molecule is Cc1c(C)c2ccc(Oc3ccc([N+](=O)[O-])cc3C(F)(F)F)cc2oc1=O. The number of rotatable bonds is 3. The van der Waals surface area contributed by atoms with Crippen molar-refractivity contribution in [2.24, 2.45) is 0 Å². The molecule has 9 heteroatoms. The Morgan fingerprint density at radius 1 is 1.07 bits per heavy atom. The lowest BCUT2D eigenvalue weighted by Gasteiger charge is -2.14. The van der Waals surface area contributed by atoms with E-state index in [1.54, 1.807) is 19.9 Å². The fraction of sp³-hybridized carbons (Fsp3) is 0.167. The van der Waals surface area contributed by atoms with Crippen LogP contribution in [-0.4, -0.2) is 4.92 Å². The number of nitrogens with zero attached hydrogens (tertiary/aromatic N) is 1.